The summed E-state index contributed by atoms with van der Waals surface area (Å²) in [6.07, 6.45) is 1.68. The molecule has 1 N–H and O–H groups in total. The van der Waals surface area contributed by atoms with Crippen LogP contribution in [0.2, 0.25) is 0 Å². The van der Waals surface area contributed by atoms with Crippen molar-refractivity contribution in [3.8, 4) is 0 Å². The van der Waals surface area contributed by atoms with E-state index in [9.17, 15) is 0 Å². The van der Waals surface area contributed by atoms with Crippen LogP contribution in [-0.2, 0) is 10.3 Å². The molecule has 1 aromatic rings. The summed E-state index contributed by atoms with van der Waals surface area (Å²) in [5.74, 6) is 3.85. The Morgan fingerprint density at radius 2 is 2.16 bits per heavy atom. The molecule has 2 unspecified atom stereocenters. The number of thioether (sulfide) groups is 1. The van der Waals surface area contributed by atoms with E-state index in [0.29, 0.717) is 17.8 Å². The van der Waals surface area contributed by atoms with Gasteiger partial charge in [0.15, 0.2) is 0 Å². The fraction of sp³-hybridized carbons (Fsp3) is 0.846. The Bertz CT molecular complexity index is 398. The highest BCUT2D eigenvalue weighted by Gasteiger charge is 2.37. The zero-order chi connectivity index (χ0) is 13.9. The molecule has 1 aromatic heterocycles. The smallest absolute Gasteiger partial charge is 0.232 e. The van der Waals surface area contributed by atoms with Crippen LogP contribution in [0.4, 0.5) is 0 Å². The van der Waals surface area contributed by atoms with Gasteiger partial charge in [0, 0.05) is 24.7 Å². The molecule has 2 atom stereocenters. The molecule has 0 spiro atoms. The third-order valence-electron chi connectivity index (χ3n) is 4.15. The maximum absolute atomic E-state index is 5.65. The lowest BCUT2D eigenvalue weighted by atomic mass is 9.96. The highest BCUT2D eigenvalue weighted by Crippen LogP contribution is 2.35. The van der Waals surface area contributed by atoms with Gasteiger partial charge in [0.05, 0.1) is 5.92 Å². The molecule has 1 aliphatic heterocycles. The molecule has 0 radical (unpaired) electrons. The second-order valence-electron chi connectivity index (χ2n) is 4.90. The number of ether oxygens (including phenoxy) is 1. The molecule has 19 heavy (non-hydrogen) atoms. The lowest BCUT2D eigenvalue weighted by Crippen LogP contribution is -2.31. The molecular weight excluding hydrogens is 262 g/mol. The minimum absolute atomic E-state index is 0.305. The van der Waals surface area contributed by atoms with Crippen LogP contribution in [0.1, 0.15) is 44.3 Å². The van der Waals surface area contributed by atoms with Gasteiger partial charge >= 0.3 is 0 Å². The first-order valence-corrected chi connectivity index (χ1v) is 8.00. The summed E-state index contributed by atoms with van der Waals surface area (Å²) in [5, 5.41) is 7.49. The Hall–Kier alpha value is -0.590. The number of methoxy groups -OCH3 is 1. The highest BCUT2D eigenvalue weighted by molar-refractivity contribution is 7.99. The lowest BCUT2D eigenvalue weighted by molar-refractivity contribution is -0.0306. The number of likely N-dealkylation sites (N-methyl/N-ethyl adjacent to an activating group) is 1. The van der Waals surface area contributed by atoms with Crippen molar-refractivity contribution in [3.05, 3.63) is 11.7 Å². The molecule has 0 aliphatic carbocycles. The second kappa shape index (κ2) is 6.24. The summed E-state index contributed by atoms with van der Waals surface area (Å²) in [5.41, 5.74) is -0.414. The van der Waals surface area contributed by atoms with Crippen LogP contribution in [0.3, 0.4) is 0 Å². The van der Waals surface area contributed by atoms with Gasteiger partial charge in [0.25, 0.3) is 0 Å². The Labute approximate surface area is 118 Å². The zero-order valence-electron chi connectivity index (χ0n) is 12.1. The maximum atomic E-state index is 5.65. The van der Waals surface area contributed by atoms with Crippen LogP contribution in [0.25, 0.3) is 0 Å². The number of aromatic nitrogens is 2. The minimum atomic E-state index is -0.414. The predicted molar refractivity (Wildman–Crippen MR) is 76.5 cm³/mol. The van der Waals surface area contributed by atoms with E-state index >= 15 is 0 Å². The zero-order valence-corrected chi connectivity index (χ0v) is 12.9. The van der Waals surface area contributed by atoms with Gasteiger partial charge in [0.2, 0.25) is 11.7 Å². The fourth-order valence-corrected chi connectivity index (χ4v) is 4.02. The first kappa shape index (κ1) is 14.8. The van der Waals surface area contributed by atoms with Crippen molar-refractivity contribution in [3.63, 3.8) is 0 Å². The topological polar surface area (TPSA) is 60.2 Å². The molecular formula is C13H23N3O2S. The van der Waals surface area contributed by atoms with Crippen LogP contribution < -0.4 is 5.32 Å². The molecule has 2 rings (SSSR count). The Balaban J connectivity index is 2.23. The van der Waals surface area contributed by atoms with E-state index in [0.717, 1.165) is 30.2 Å². The quantitative estimate of drug-likeness (QED) is 0.864. The standard InChI is InChI=1S/C13H23N3O2S/c1-5-13(6-2,17-4)12-15-11(18-16-12)9-7-19-8-10(9)14-3/h9-10,14H,5-8H2,1-4H3. The Morgan fingerprint density at radius 1 is 1.42 bits per heavy atom. The fourth-order valence-electron chi connectivity index (χ4n) is 2.60. The van der Waals surface area contributed by atoms with Gasteiger partial charge < -0.3 is 14.6 Å². The van der Waals surface area contributed by atoms with E-state index in [1.807, 2.05) is 18.8 Å². The van der Waals surface area contributed by atoms with Crippen LogP contribution >= 0.6 is 11.8 Å². The molecule has 1 fully saturated rings. The highest BCUT2D eigenvalue weighted by atomic mass is 32.2. The van der Waals surface area contributed by atoms with Gasteiger partial charge in [-0.05, 0) is 19.9 Å². The average molecular weight is 285 g/mol. The molecule has 2 heterocycles. The van der Waals surface area contributed by atoms with Gasteiger partial charge in [-0.3, -0.25) is 0 Å². The number of hydrogen-bond donors (Lipinski definition) is 1. The summed E-state index contributed by atoms with van der Waals surface area (Å²) in [6, 6.07) is 0.415. The van der Waals surface area contributed by atoms with Crippen LogP contribution in [0.5, 0.6) is 0 Å². The maximum Gasteiger partial charge on any atom is 0.232 e. The lowest BCUT2D eigenvalue weighted by Gasteiger charge is -2.26. The van der Waals surface area contributed by atoms with E-state index in [2.05, 4.69) is 29.3 Å². The predicted octanol–water partition coefficient (Wildman–Crippen LogP) is 2.15. The number of rotatable bonds is 6. The number of nitrogens with one attached hydrogen (secondary N) is 1. The van der Waals surface area contributed by atoms with Gasteiger partial charge in [-0.25, -0.2) is 0 Å². The molecule has 0 saturated carbocycles. The summed E-state index contributed by atoms with van der Waals surface area (Å²) in [6.45, 7) is 4.18. The van der Waals surface area contributed by atoms with Crippen molar-refractivity contribution in [1.82, 2.24) is 15.5 Å². The summed E-state index contributed by atoms with van der Waals surface area (Å²) >= 11 is 1.92. The first-order valence-electron chi connectivity index (χ1n) is 6.85. The Morgan fingerprint density at radius 3 is 2.74 bits per heavy atom. The molecule has 0 amide bonds. The monoisotopic (exact) mass is 285 g/mol. The molecule has 0 aromatic carbocycles. The summed E-state index contributed by atoms with van der Waals surface area (Å²) in [4.78, 5) is 4.62. The third kappa shape index (κ3) is 2.66. The normalized spacial score (nSPS) is 24.0. The number of nitrogens with zero attached hydrogens (tertiary/aromatic N) is 2. The summed E-state index contributed by atoms with van der Waals surface area (Å²) < 4.78 is 11.1. The first-order chi connectivity index (χ1) is 9.20. The van der Waals surface area contributed by atoms with Crippen molar-refractivity contribution >= 4 is 11.8 Å². The van der Waals surface area contributed by atoms with E-state index < -0.39 is 5.60 Å². The van der Waals surface area contributed by atoms with Gasteiger partial charge in [-0.15, -0.1) is 0 Å². The Kier molecular flexibility index (Phi) is 4.86. The van der Waals surface area contributed by atoms with Crippen molar-refractivity contribution in [2.24, 2.45) is 0 Å². The van der Waals surface area contributed by atoms with Crippen LogP contribution in [0, 0.1) is 0 Å². The largest absolute Gasteiger partial charge is 0.370 e. The molecule has 6 heteroatoms. The van der Waals surface area contributed by atoms with Crippen molar-refractivity contribution in [2.45, 2.75) is 44.2 Å². The van der Waals surface area contributed by atoms with Crippen molar-refractivity contribution in [2.75, 3.05) is 25.7 Å². The molecule has 5 nitrogen and oxygen atoms in total. The van der Waals surface area contributed by atoms with Gasteiger partial charge in [0.1, 0.15) is 5.60 Å². The van der Waals surface area contributed by atoms with E-state index in [1.54, 1.807) is 7.11 Å². The third-order valence-corrected chi connectivity index (χ3v) is 5.34. The van der Waals surface area contributed by atoms with E-state index in [4.69, 9.17) is 9.26 Å². The second-order valence-corrected chi connectivity index (χ2v) is 5.98. The average Bonchev–Trinajstić information content (AvgIpc) is 3.10. The molecule has 1 aliphatic rings. The van der Waals surface area contributed by atoms with Crippen molar-refractivity contribution < 1.29 is 9.26 Å². The molecule has 1 saturated heterocycles. The number of hydrogen-bond acceptors (Lipinski definition) is 6. The van der Waals surface area contributed by atoms with Gasteiger partial charge in [-0.1, -0.05) is 19.0 Å². The van der Waals surface area contributed by atoms with Crippen LogP contribution in [-0.4, -0.2) is 41.8 Å². The van der Waals surface area contributed by atoms with Gasteiger partial charge in [-0.2, -0.15) is 16.7 Å². The van der Waals surface area contributed by atoms with E-state index in [-0.39, 0.29) is 0 Å². The van der Waals surface area contributed by atoms with Crippen LogP contribution in [0.15, 0.2) is 4.52 Å². The molecule has 108 valence electrons. The van der Waals surface area contributed by atoms with E-state index in [1.165, 1.54) is 0 Å². The molecule has 0 bridgehead atoms. The SMILES string of the molecule is CCC(CC)(OC)c1noc(C2CSCC2NC)n1. The van der Waals surface area contributed by atoms with Crippen molar-refractivity contribution in [1.29, 1.82) is 0 Å². The summed E-state index contributed by atoms with van der Waals surface area (Å²) in [7, 11) is 3.70. The minimum Gasteiger partial charge on any atom is -0.370 e.